The van der Waals surface area contributed by atoms with Gasteiger partial charge >= 0.3 is 0 Å². The van der Waals surface area contributed by atoms with Gasteiger partial charge in [-0.2, -0.15) is 0 Å². The Morgan fingerprint density at radius 2 is 1.89 bits per heavy atom. The van der Waals surface area contributed by atoms with Crippen LogP contribution in [0.5, 0.6) is 0 Å². The molecule has 0 radical (unpaired) electrons. The van der Waals surface area contributed by atoms with E-state index in [2.05, 4.69) is 24.8 Å². The zero-order chi connectivity index (χ0) is 19.7. The van der Waals surface area contributed by atoms with E-state index in [9.17, 15) is 9.18 Å². The van der Waals surface area contributed by atoms with E-state index in [1.165, 1.54) is 5.57 Å². The topological polar surface area (TPSA) is 20.3 Å². The van der Waals surface area contributed by atoms with Crippen molar-refractivity contribution in [3.05, 3.63) is 66.0 Å². The number of nitrogens with zero attached hydrogens (tertiary/aromatic N) is 1. The summed E-state index contributed by atoms with van der Waals surface area (Å²) in [4.78, 5) is 14.8. The van der Waals surface area contributed by atoms with E-state index in [-0.39, 0.29) is 23.8 Å². The van der Waals surface area contributed by atoms with Gasteiger partial charge in [0.05, 0.1) is 6.04 Å². The highest BCUT2D eigenvalue weighted by Crippen LogP contribution is 2.39. The predicted octanol–water partition coefficient (Wildman–Crippen LogP) is 6.08. The highest BCUT2D eigenvalue weighted by atomic mass is 19.1. The minimum atomic E-state index is -0.188. The maximum Gasteiger partial charge on any atom is 0.223 e. The van der Waals surface area contributed by atoms with Gasteiger partial charge in [0.1, 0.15) is 5.82 Å². The van der Waals surface area contributed by atoms with Crippen molar-refractivity contribution in [3.63, 3.8) is 0 Å². The van der Waals surface area contributed by atoms with Crippen LogP contribution in [0, 0.1) is 11.7 Å². The Morgan fingerprint density at radius 3 is 2.57 bits per heavy atom. The zero-order valence-electron chi connectivity index (χ0n) is 16.7. The van der Waals surface area contributed by atoms with E-state index in [0.717, 1.165) is 36.8 Å². The van der Waals surface area contributed by atoms with Gasteiger partial charge in [-0.15, -0.1) is 0 Å². The minimum absolute atomic E-state index is 0.172. The first-order chi connectivity index (χ1) is 13.5. The largest absolute Gasteiger partial charge is 0.333 e. The molecule has 0 saturated carbocycles. The molecule has 28 heavy (non-hydrogen) atoms. The molecule has 1 fully saturated rings. The molecule has 2 atom stereocenters. The molecule has 2 aromatic rings. The summed E-state index contributed by atoms with van der Waals surface area (Å²) in [6, 6.07) is 15.6. The van der Waals surface area contributed by atoms with Crippen LogP contribution in [0.15, 0.2) is 54.6 Å². The number of hydrogen-bond acceptors (Lipinski definition) is 1. The van der Waals surface area contributed by atoms with E-state index >= 15 is 0 Å². The van der Waals surface area contributed by atoms with Gasteiger partial charge in [0, 0.05) is 18.0 Å². The van der Waals surface area contributed by atoms with Crippen LogP contribution in [-0.2, 0) is 4.79 Å². The lowest BCUT2D eigenvalue weighted by Crippen LogP contribution is -2.42. The second kappa shape index (κ2) is 7.90. The first-order valence-corrected chi connectivity index (χ1v) is 10.4. The van der Waals surface area contributed by atoms with Crippen LogP contribution in [0.25, 0.3) is 16.7 Å². The summed E-state index contributed by atoms with van der Waals surface area (Å²) in [5.74, 6) is 0.637. The van der Waals surface area contributed by atoms with E-state index in [1.807, 2.05) is 42.5 Å². The van der Waals surface area contributed by atoms with Crippen LogP contribution in [0.2, 0.25) is 0 Å². The molecular formula is C25H28FNO. The van der Waals surface area contributed by atoms with E-state index in [4.69, 9.17) is 0 Å². The van der Waals surface area contributed by atoms with Gasteiger partial charge in [0.2, 0.25) is 5.91 Å². The number of carbonyl (C=O) groups excluding carboxylic acids is 1. The highest BCUT2D eigenvalue weighted by molar-refractivity contribution is 5.80. The summed E-state index contributed by atoms with van der Waals surface area (Å²) in [5.41, 5.74) is 3.66. The summed E-state index contributed by atoms with van der Waals surface area (Å²) in [5, 5.41) is 0. The van der Waals surface area contributed by atoms with Crippen molar-refractivity contribution in [1.29, 1.82) is 0 Å². The van der Waals surface area contributed by atoms with Crippen LogP contribution in [0.4, 0.5) is 4.39 Å². The second-order valence-electron chi connectivity index (χ2n) is 8.49. The Balaban J connectivity index is 1.54. The Bertz CT molecular complexity index is 887. The standard InChI is InChI=1S/C25H28FNO/c1-17(2)8-13-25(28)27-21-10-11-22(27)15-20(14-21)19-9-12-23(24(26)16-19)18-6-4-3-5-7-18/h3-7,9,12,14,16-17,21-22H,8,10-11,13,15H2,1-2H3. The fraction of sp³-hybridized carbons (Fsp3) is 0.400. The van der Waals surface area contributed by atoms with Crippen LogP contribution in [-0.4, -0.2) is 22.9 Å². The smallest absolute Gasteiger partial charge is 0.223 e. The Labute approximate surface area is 167 Å². The molecule has 2 unspecified atom stereocenters. The van der Waals surface area contributed by atoms with Crippen molar-refractivity contribution in [3.8, 4) is 11.1 Å². The minimum Gasteiger partial charge on any atom is -0.333 e. The number of hydrogen-bond donors (Lipinski definition) is 0. The van der Waals surface area contributed by atoms with E-state index < -0.39 is 0 Å². The van der Waals surface area contributed by atoms with Gasteiger partial charge in [0.25, 0.3) is 0 Å². The number of fused-ring (bicyclic) bond motifs is 2. The highest BCUT2D eigenvalue weighted by Gasteiger charge is 2.39. The first kappa shape index (κ1) is 18.9. The third-order valence-corrected chi connectivity index (χ3v) is 6.04. The van der Waals surface area contributed by atoms with Gasteiger partial charge < -0.3 is 4.90 Å². The van der Waals surface area contributed by atoms with Crippen LogP contribution >= 0.6 is 0 Å². The van der Waals surface area contributed by atoms with Crippen molar-refractivity contribution in [1.82, 2.24) is 4.90 Å². The monoisotopic (exact) mass is 377 g/mol. The molecule has 3 heteroatoms. The molecular weight excluding hydrogens is 349 g/mol. The van der Waals surface area contributed by atoms with Crippen molar-refractivity contribution in [2.45, 2.75) is 58.0 Å². The fourth-order valence-corrected chi connectivity index (χ4v) is 4.54. The lowest BCUT2D eigenvalue weighted by molar-refractivity contribution is -0.133. The molecule has 2 aliphatic heterocycles. The number of rotatable bonds is 5. The average molecular weight is 378 g/mol. The summed E-state index contributed by atoms with van der Waals surface area (Å²) >= 11 is 0. The molecule has 0 aliphatic carbocycles. The molecule has 0 N–H and O–H groups in total. The van der Waals surface area contributed by atoms with Crippen LogP contribution < -0.4 is 0 Å². The number of amides is 1. The van der Waals surface area contributed by atoms with Crippen molar-refractivity contribution in [2.75, 3.05) is 0 Å². The van der Waals surface area contributed by atoms with Crippen molar-refractivity contribution >= 4 is 11.5 Å². The normalized spacial score (nSPS) is 21.1. The Morgan fingerprint density at radius 1 is 1.11 bits per heavy atom. The molecule has 2 aliphatic rings. The van der Waals surface area contributed by atoms with E-state index in [1.54, 1.807) is 6.07 Å². The maximum absolute atomic E-state index is 14.8. The summed E-state index contributed by atoms with van der Waals surface area (Å²) in [6.45, 7) is 4.31. The lowest BCUT2D eigenvalue weighted by Gasteiger charge is -2.34. The second-order valence-corrected chi connectivity index (χ2v) is 8.49. The molecule has 2 bridgehead atoms. The number of benzene rings is 2. The van der Waals surface area contributed by atoms with Gasteiger partial charge in [-0.1, -0.05) is 62.4 Å². The third kappa shape index (κ3) is 3.76. The van der Waals surface area contributed by atoms with Crippen LogP contribution in [0.3, 0.4) is 0 Å². The molecule has 0 spiro atoms. The van der Waals surface area contributed by atoms with Gasteiger partial charge in [0.15, 0.2) is 0 Å². The predicted molar refractivity (Wildman–Crippen MR) is 112 cm³/mol. The Hall–Kier alpha value is -2.42. The fourth-order valence-electron chi connectivity index (χ4n) is 4.54. The van der Waals surface area contributed by atoms with Gasteiger partial charge in [-0.05, 0) is 54.4 Å². The first-order valence-electron chi connectivity index (χ1n) is 10.4. The zero-order valence-corrected chi connectivity index (χ0v) is 16.7. The molecule has 2 aromatic carbocycles. The SMILES string of the molecule is CC(C)CCC(=O)N1C2C=C(c3ccc(-c4ccccc4)c(F)c3)CC1CC2. The molecule has 0 aromatic heterocycles. The maximum atomic E-state index is 14.8. The molecule has 1 amide bonds. The summed E-state index contributed by atoms with van der Waals surface area (Å²) in [6.07, 6.45) is 6.67. The van der Waals surface area contributed by atoms with Gasteiger partial charge in [-0.3, -0.25) is 4.79 Å². The summed E-state index contributed by atoms with van der Waals surface area (Å²) < 4.78 is 14.8. The Kier molecular flexibility index (Phi) is 5.34. The molecule has 146 valence electrons. The molecule has 2 heterocycles. The van der Waals surface area contributed by atoms with Crippen molar-refractivity contribution in [2.24, 2.45) is 5.92 Å². The molecule has 2 nitrogen and oxygen atoms in total. The summed E-state index contributed by atoms with van der Waals surface area (Å²) in [7, 11) is 0. The third-order valence-electron chi connectivity index (χ3n) is 6.04. The molecule has 1 saturated heterocycles. The van der Waals surface area contributed by atoms with Gasteiger partial charge in [-0.25, -0.2) is 4.39 Å². The lowest BCUT2D eigenvalue weighted by atomic mass is 9.92. The molecule has 4 rings (SSSR count). The van der Waals surface area contributed by atoms with Crippen molar-refractivity contribution < 1.29 is 9.18 Å². The van der Waals surface area contributed by atoms with E-state index in [0.29, 0.717) is 17.9 Å². The number of carbonyl (C=O) groups is 1. The quantitative estimate of drug-likeness (QED) is 0.619. The average Bonchev–Trinajstić information content (AvgIpc) is 2.96. The van der Waals surface area contributed by atoms with Crippen LogP contribution in [0.1, 0.15) is 51.5 Å². The number of halogens is 1.